The minimum absolute atomic E-state index is 0.403. The quantitative estimate of drug-likeness (QED) is 0.0411. The van der Waals surface area contributed by atoms with Crippen LogP contribution in [0.2, 0.25) is 0 Å². The van der Waals surface area contributed by atoms with Crippen molar-refractivity contribution in [3.05, 3.63) is 0 Å². The predicted molar refractivity (Wildman–Crippen MR) is 206 cm³/mol. The van der Waals surface area contributed by atoms with Crippen molar-refractivity contribution in [2.24, 2.45) is 0 Å². The number of unbranched alkanes of at least 4 members (excludes halogenated alkanes) is 30. The summed E-state index contributed by atoms with van der Waals surface area (Å²) in [6, 6.07) is -1.67. The van der Waals surface area contributed by atoms with E-state index in [0.717, 1.165) is 38.5 Å². The molecule has 0 saturated carbocycles. The van der Waals surface area contributed by atoms with E-state index in [2.05, 4.69) is 19.2 Å². The third kappa shape index (κ3) is 31.3. The highest BCUT2D eigenvalue weighted by Gasteiger charge is 2.29. The third-order valence-electron chi connectivity index (χ3n) is 10.4. The third-order valence-corrected chi connectivity index (χ3v) is 10.4. The van der Waals surface area contributed by atoms with Crippen LogP contribution >= 0.6 is 0 Å². The summed E-state index contributed by atoms with van der Waals surface area (Å²) in [6.07, 6.45) is 39.9. The average Bonchev–Trinajstić information content (AvgIpc) is 3.08. The van der Waals surface area contributed by atoms with Crippen LogP contribution in [0.1, 0.15) is 232 Å². The number of aliphatic carboxylic acids is 1. The number of hydrogen-bond acceptors (Lipinski definition) is 5. The van der Waals surface area contributed by atoms with E-state index in [1.807, 2.05) is 0 Å². The zero-order chi connectivity index (χ0) is 35.3. The zero-order valence-electron chi connectivity index (χ0n) is 32.3. The lowest BCUT2D eigenvalue weighted by atomic mass is 9.98. The molecule has 0 fully saturated rings. The van der Waals surface area contributed by atoms with Gasteiger partial charge < -0.3 is 20.4 Å². The summed E-state index contributed by atoms with van der Waals surface area (Å²) in [5.41, 5.74) is 0. The van der Waals surface area contributed by atoms with Gasteiger partial charge in [-0.3, -0.25) is 10.1 Å². The first kappa shape index (κ1) is 47.3. The molecule has 0 rings (SSSR count). The molecule has 0 amide bonds. The number of rotatable bonds is 40. The minimum Gasteiger partial charge on any atom is -0.480 e. The van der Waals surface area contributed by atoms with E-state index in [1.54, 1.807) is 0 Å². The normalized spacial score (nSPS) is 14.3. The van der Waals surface area contributed by atoms with Gasteiger partial charge in [0.25, 0.3) is 0 Å². The number of carbonyl (C=O) groups is 1. The van der Waals surface area contributed by atoms with Crippen LogP contribution in [0.5, 0.6) is 0 Å². The van der Waals surface area contributed by atoms with Crippen LogP contribution in [0.3, 0.4) is 0 Å². The number of hydrogen-bond donors (Lipinski definition) is 5. The second kappa shape index (κ2) is 37.6. The van der Waals surface area contributed by atoms with Crippen LogP contribution in [-0.4, -0.2) is 57.3 Å². The van der Waals surface area contributed by atoms with E-state index in [9.17, 15) is 25.2 Å². The van der Waals surface area contributed by atoms with Crippen molar-refractivity contribution in [1.82, 2.24) is 5.32 Å². The summed E-state index contributed by atoms with van der Waals surface area (Å²) >= 11 is 0. The molecule has 0 aliphatic heterocycles. The molecule has 0 aromatic heterocycles. The van der Waals surface area contributed by atoms with E-state index in [0.29, 0.717) is 12.8 Å². The molecule has 6 heteroatoms. The van der Waals surface area contributed by atoms with E-state index in [4.69, 9.17) is 0 Å². The average molecular weight is 684 g/mol. The molecule has 0 aromatic rings. The molecule has 4 atom stereocenters. The van der Waals surface area contributed by atoms with Crippen molar-refractivity contribution in [3.8, 4) is 0 Å². The monoisotopic (exact) mass is 684 g/mol. The first-order valence-electron chi connectivity index (χ1n) is 21.4. The number of nitrogens with one attached hydrogen (secondary N) is 1. The molecule has 6 nitrogen and oxygen atoms in total. The molecule has 48 heavy (non-hydrogen) atoms. The van der Waals surface area contributed by atoms with Gasteiger partial charge in [0.15, 0.2) is 0 Å². The van der Waals surface area contributed by atoms with Gasteiger partial charge in [-0.25, -0.2) is 0 Å². The van der Waals surface area contributed by atoms with E-state index in [-0.39, 0.29) is 0 Å². The fourth-order valence-electron chi connectivity index (χ4n) is 7.03. The highest BCUT2D eigenvalue weighted by molar-refractivity contribution is 5.73. The Balaban J connectivity index is 3.80. The van der Waals surface area contributed by atoms with Crippen molar-refractivity contribution in [2.45, 2.75) is 256 Å². The Morgan fingerprint density at radius 3 is 1.00 bits per heavy atom. The van der Waals surface area contributed by atoms with Crippen LogP contribution < -0.4 is 5.32 Å². The minimum atomic E-state index is -1.18. The molecule has 0 aliphatic rings. The van der Waals surface area contributed by atoms with Gasteiger partial charge in [-0.2, -0.15) is 0 Å². The Morgan fingerprint density at radius 2 is 0.729 bits per heavy atom. The van der Waals surface area contributed by atoms with Gasteiger partial charge in [0, 0.05) is 0 Å². The van der Waals surface area contributed by atoms with Gasteiger partial charge in [0.1, 0.15) is 6.04 Å². The summed E-state index contributed by atoms with van der Waals surface area (Å²) in [6.45, 7) is 4.13. The highest BCUT2D eigenvalue weighted by atomic mass is 16.4. The molecule has 288 valence electrons. The van der Waals surface area contributed by atoms with Gasteiger partial charge in [-0.1, -0.05) is 219 Å². The summed E-state index contributed by atoms with van der Waals surface area (Å²) in [7, 11) is 0. The zero-order valence-corrected chi connectivity index (χ0v) is 32.3. The molecule has 0 aliphatic carbocycles. The first-order valence-corrected chi connectivity index (χ1v) is 21.4. The van der Waals surface area contributed by atoms with E-state index < -0.39 is 36.9 Å². The molecule has 0 heterocycles. The number of carboxylic acids is 1. The topological polar surface area (TPSA) is 110 Å². The van der Waals surface area contributed by atoms with Crippen LogP contribution in [0.4, 0.5) is 0 Å². The second-order valence-electron chi connectivity index (χ2n) is 15.1. The fourth-order valence-corrected chi connectivity index (χ4v) is 7.03. The molecule has 0 saturated heterocycles. The van der Waals surface area contributed by atoms with Gasteiger partial charge in [-0.05, 0) is 12.8 Å². The largest absolute Gasteiger partial charge is 0.480 e. The van der Waals surface area contributed by atoms with Crippen LogP contribution in [0.15, 0.2) is 0 Å². The second-order valence-corrected chi connectivity index (χ2v) is 15.1. The summed E-state index contributed by atoms with van der Waals surface area (Å²) in [4.78, 5) is 11.9. The van der Waals surface area contributed by atoms with Crippen molar-refractivity contribution in [2.75, 3.05) is 6.61 Å². The first-order chi connectivity index (χ1) is 23.5. The van der Waals surface area contributed by atoms with Gasteiger partial charge in [0.05, 0.1) is 24.9 Å². The Labute approximate surface area is 299 Å². The SMILES string of the molecule is CCCCCCCCCCCCCCCCCCCCCCC(N[C@@H](CO)[C@H](O)[C@H](O)CCCCCCCCCCCCCC)C(=O)O. The lowest BCUT2D eigenvalue weighted by molar-refractivity contribution is -0.140. The number of aliphatic hydroxyl groups is 3. The lowest BCUT2D eigenvalue weighted by Gasteiger charge is -2.29. The predicted octanol–water partition coefficient (Wildman–Crippen LogP) is 11.4. The highest BCUT2D eigenvalue weighted by Crippen LogP contribution is 2.17. The van der Waals surface area contributed by atoms with Crippen LogP contribution in [0, 0.1) is 0 Å². The van der Waals surface area contributed by atoms with E-state index in [1.165, 1.54) is 167 Å². The Morgan fingerprint density at radius 1 is 0.458 bits per heavy atom. The van der Waals surface area contributed by atoms with Gasteiger partial charge >= 0.3 is 5.97 Å². The van der Waals surface area contributed by atoms with Gasteiger partial charge in [-0.15, -0.1) is 0 Å². The maximum Gasteiger partial charge on any atom is 0.320 e. The molecule has 0 aromatic carbocycles. The van der Waals surface area contributed by atoms with E-state index >= 15 is 0 Å². The molecule has 0 bridgehead atoms. The molecular formula is C42H85NO5. The van der Waals surface area contributed by atoms with Gasteiger partial charge in [0.2, 0.25) is 0 Å². The standard InChI is InChI=1S/C42H85NO5/c1-3-5-7-9-11-13-15-17-18-19-20-21-22-23-24-25-27-29-31-33-35-38(42(47)48)43-39(37-44)41(46)40(45)36-34-32-30-28-26-16-14-12-10-8-6-4-2/h38-41,43-46H,3-37H2,1-2H3,(H,47,48)/t38?,39-,40+,41-/m0/s1. The summed E-state index contributed by atoms with van der Waals surface area (Å²) < 4.78 is 0. The summed E-state index contributed by atoms with van der Waals surface area (Å²) in [5.74, 6) is -0.964. The smallest absolute Gasteiger partial charge is 0.320 e. The maximum absolute atomic E-state index is 11.9. The van der Waals surface area contributed by atoms with Crippen molar-refractivity contribution in [3.63, 3.8) is 0 Å². The molecule has 5 N–H and O–H groups in total. The Hall–Kier alpha value is -0.690. The Bertz CT molecular complexity index is 648. The van der Waals surface area contributed by atoms with Crippen molar-refractivity contribution in [1.29, 1.82) is 0 Å². The maximum atomic E-state index is 11.9. The Kier molecular flexibility index (Phi) is 37.0. The number of aliphatic hydroxyl groups excluding tert-OH is 3. The molecular weight excluding hydrogens is 598 g/mol. The molecule has 0 radical (unpaired) electrons. The fraction of sp³-hybridized carbons (Fsp3) is 0.976. The molecule has 1 unspecified atom stereocenters. The van der Waals surface area contributed by atoms with Crippen LogP contribution in [0.25, 0.3) is 0 Å². The number of carboxylic acid groups (broad SMARTS) is 1. The molecule has 0 spiro atoms. The lowest BCUT2D eigenvalue weighted by Crippen LogP contribution is -2.54. The van der Waals surface area contributed by atoms with Crippen LogP contribution in [-0.2, 0) is 4.79 Å². The van der Waals surface area contributed by atoms with Crippen molar-refractivity contribution >= 4 is 5.97 Å². The van der Waals surface area contributed by atoms with Crippen molar-refractivity contribution < 1.29 is 25.2 Å². The summed E-state index contributed by atoms with van der Waals surface area (Å²) in [5, 5.41) is 43.7.